The third-order valence-corrected chi connectivity index (χ3v) is 4.49. The van der Waals surface area contributed by atoms with Crippen LogP contribution in [0.25, 0.3) is 11.0 Å². The van der Waals surface area contributed by atoms with E-state index < -0.39 is 5.60 Å². The second-order valence-corrected chi connectivity index (χ2v) is 8.01. The Hall–Kier alpha value is -2.21. The number of amides is 1. The van der Waals surface area contributed by atoms with E-state index in [4.69, 9.17) is 9.47 Å². The lowest BCUT2D eigenvalue weighted by molar-refractivity contribution is 0.0207. The first-order valence-corrected chi connectivity index (χ1v) is 9.71. The van der Waals surface area contributed by atoms with E-state index in [2.05, 4.69) is 9.97 Å². The van der Waals surface area contributed by atoms with Crippen LogP contribution in [0.5, 0.6) is 0 Å². The van der Waals surface area contributed by atoms with Gasteiger partial charge in [-0.1, -0.05) is 0 Å². The summed E-state index contributed by atoms with van der Waals surface area (Å²) in [5.41, 5.74) is 2.51. The van der Waals surface area contributed by atoms with Crippen LogP contribution in [0, 0.1) is 0 Å². The van der Waals surface area contributed by atoms with Gasteiger partial charge in [-0.3, -0.25) is 9.97 Å². The molecule has 0 spiro atoms. The average Bonchev–Trinajstić information content (AvgIpc) is 3.09. The van der Waals surface area contributed by atoms with Gasteiger partial charge in [0.1, 0.15) is 5.60 Å². The highest BCUT2D eigenvalue weighted by molar-refractivity contribution is 5.73. The maximum absolute atomic E-state index is 12.1. The number of carbonyl (C=O) groups excluding carboxylic acids is 1. The quantitative estimate of drug-likeness (QED) is 0.719. The van der Waals surface area contributed by atoms with Crippen molar-refractivity contribution in [1.29, 1.82) is 0 Å². The molecule has 146 valence electrons. The molecule has 6 nitrogen and oxygen atoms in total. The van der Waals surface area contributed by atoms with Crippen molar-refractivity contribution in [3.8, 4) is 0 Å². The number of aromatic nitrogens is 2. The number of pyridine rings is 2. The number of hydrogen-bond acceptors (Lipinski definition) is 5. The van der Waals surface area contributed by atoms with Gasteiger partial charge in [-0.25, -0.2) is 4.79 Å². The first kappa shape index (κ1) is 19.5. The van der Waals surface area contributed by atoms with Crippen molar-refractivity contribution in [2.45, 2.75) is 58.2 Å². The molecule has 3 rings (SSSR count). The molecular weight excluding hydrogens is 342 g/mol. The summed E-state index contributed by atoms with van der Waals surface area (Å²) in [5, 5.41) is 0. The maximum Gasteiger partial charge on any atom is 0.410 e. The SMILES string of the molecule is CC(C)(C)OC(=O)N1CC[C@@H](OCCCCc2ccc3ncccc3n2)C1. The molecule has 0 aromatic carbocycles. The molecule has 1 fully saturated rings. The van der Waals surface area contributed by atoms with Crippen molar-refractivity contribution in [1.82, 2.24) is 14.9 Å². The highest BCUT2D eigenvalue weighted by Gasteiger charge is 2.30. The van der Waals surface area contributed by atoms with Crippen LogP contribution in [0.2, 0.25) is 0 Å². The Bertz CT molecular complexity index is 773. The van der Waals surface area contributed by atoms with Gasteiger partial charge in [0.05, 0.1) is 23.7 Å². The molecule has 1 aliphatic heterocycles. The molecule has 1 atom stereocenters. The second kappa shape index (κ2) is 8.65. The van der Waals surface area contributed by atoms with E-state index in [0.29, 0.717) is 19.7 Å². The molecule has 2 aromatic heterocycles. The van der Waals surface area contributed by atoms with Crippen molar-refractivity contribution < 1.29 is 14.3 Å². The molecule has 1 amide bonds. The number of rotatable bonds is 6. The van der Waals surface area contributed by atoms with Crippen molar-refractivity contribution in [2.24, 2.45) is 0 Å². The lowest BCUT2D eigenvalue weighted by Gasteiger charge is -2.24. The van der Waals surface area contributed by atoms with Crippen LogP contribution in [0.4, 0.5) is 4.79 Å². The van der Waals surface area contributed by atoms with Gasteiger partial charge in [0.25, 0.3) is 0 Å². The van der Waals surface area contributed by atoms with Crippen molar-refractivity contribution >= 4 is 17.1 Å². The summed E-state index contributed by atoms with van der Waals surface area (Å²) in [6, 6.07) is 7.98. The Kier molecular flexibility index (Phi) is 6.26. The topological polar surface area (TPSA) is 64.5 Å². The normalized spacial score (nSPS) is 17.4. The third kappa shape index (κ3) is 5.89. The predicted molar refractivity (Wildman–Crippen MR) is 105 cm³/mol. The van der Waals surface area contributed by atoms with Crippen LogP contribution in [0.3, 0.4) is 0 Å². The van der Waals surface area contributed by atoms with Crippen molar-refractivity contribution in [3.05, 3.63) is 36.2 Å². The van der Waals surface area contributed by atoms with E-state index in [-0.39, 0.29) is 12.2 Å². The van der Waals surface area contributed by atoms with Gasteiger partial charge in [-0.05, 0) is 70.7 Å². The number of carbonyl (C=O) groups is 1. The third-order valence-electron chi connectivity index (χ3n) is 4.49. The van der Waals surface area contributed by atoms with Gasteiger partial charge in [0.15, 0.2) is 0 Å². The summed E-state index contributed by atoms with van der Waals surface area (Å²) in [7, 11) is 0. The fraction of sp³-hybridized carbons (Fsp3) is 0.571. The van der Waals surface area contributed by atoms with E-state index in [0.717, 1.165) is 42.4 Å². The molecule has 1 aliphatic rings. The summed E-state index contributed by atoms with van der Waals surface area (Å²) in [5.74, 6) is 0. The lowest BCUT2D eigenvalue weighted by atomic mass is 10.1. The maximum atomic E-state index is 12.1. The number of aryl methyl sites for hydroxylation is 1. The van der Waals surface area contributed by atoms with E-state index in [1.807, 2.05) is 45.0 Å². The number of hydrogen-bond donors (Lipinski definition) is 0. The first-order chi connectivity index (χ1) is 12.9. The van der Waals surface area contributed by atoms with Gasteiger partial charge >= 0.3 is 6.09 Å². The molecular formula is C21H29N3O3. The molecule has 6 heteroatoms. The molecule has 1 saturated heterocycles. The number of ether oxygens (including phenoxy) is 2. The Morgan fingerprint density at radius 3 is 2.89 bits per heavy atom. The van der Waals surface area contributed by atoms with Crippen LogP contribution in [0.1, 0.15) is 45.7 Å². The molecule has 0 saturated carbocycles. The Balaban J connectivity index is 1.34. The zero-order chi connectivity index (χ0) is 19.3. The Labute approximate surface area is 160 Å². The zero-order valence-electron chi connectivity index (χ0n) is 16.5. The molecule has 0 bridgehead atoms. The lowest BCUT2D eigenvalue weighted by Crippen LogP contribution is -2.36. The number of nitrogens with zero attached hydrogens (tertiary/aromatic N) is 3. The Morgan fingerprint density at radius 2 is 2.07 bits per heavy atom. The minimum atomic E-state index is -0.455. The monoisotopic (exact) mass is 371 g/mol. The molecule has 0 N–H and O–H groups in total. The van der Waals surface area contributed by atoms with E-state index >= 15 is 0 Å². The first-order valence-electron chi connectivity index (χ1n) is 9.71. The predicted octanol–water partition coefficient (Wildman–Crippen LogP) is 3.98. The summed E-state index contributed by atoms with van der Waals surface area (Å²) in [6.45, 7) is 7.69. The van der Waals surface area contributed by atoms with Gasteiger partial charge in [0.2, 0.25) is 0 Å². The minimum Gasteiger partial charge on any atom is -0.444 e. The molecule has 3 heterocycles. The average molecular weight is 371 g/mol. The van der Waals surface area contributed by atoms with Crippen LogP contribution in [0.15, 0.2) is 30.5 Å². The van der Waals surface area contributed by atoms with E-state index in [1.165, 1.54) is 0 Å². The smallest absolute Gasteiger partial charge is 0.410 e. The summed E-state index contributed by atoms with van der Waals surface area (Å²) >= 11 is 0. The molecule has 0 aliphatic carbocycles. The van der Waals surface area contributed by atoms with Crippen LogP contribution >= 0.6 is 0 Å². The van der Waals surface area contributed by atoms with Crippen LogP contribution in [-0.4, -0.2) is 52.4 Å². The fourth-order valence-corrected chi connectivity index (χ4v) is 3.15. The molecule has 0 unspecified atom stereocenters. The summed E-state index contributed by atoms with van der Waals surface area (Å²) in [6.07, 6.45) is 5.47. The van der Waals surface area contributed by atoms with Gasteiger partial charge in [-0.15, -0.1) is 0 Å². The van der Waals surface area contributed by atoms with Gasteiger partial charge in [-0.2, -0.15) is 0 Å². The number of likely N-dealkylation sites (tertiary alicyclic amines) is 1. The van der Waals surface area contributed by atoms with Crippen LogP contribution < -0.4 is 0 Å². The summed E-state index contributed by atoms with van der Waals surface area (Å²) in [4.78, 5) is 22.8. The Morgan fingerprint density at radius 1 is 1.22 bits per heavy atom. The largest absolute Gasteiger partial charge is 0.444 e. The highest BCUT2D eigenvalue weighted by Crippen LogP contribution is 2.18. The van der Waals surface area contributed by atoms with Crippen molar-refractivity contribution in [2.75, 3.05) is 19.7 Å². The van der Waals surface area contributed by atoms with Gasteiger partial charge in [0, 0.05) is 25.0 Å². The number of fused-ring (bicyclic) bond motifs is 1. The molecule has 2 aromatic rings. The minimum absolute atomic E-state index is 0.113. The number of unbranched alkanes of at least 4 members (excludes halogenated alkanes) is 1. The standard InChI is InChI=1S/C21H29N3O3/c1-21(2,3)27-20(25)24-13-11-17(15-24)26-14-5-4-7-16-9-10-18-19(23-16)8-6-12-22-18/h6,8-10,12,17H,4-5,7,11,13-15H2,1-3H3/t17-/m1/s1. The summed E-state index contributed by atoms with van der Waals surface area (Å²) < 4.78 is 11.4. The zero-order valence-corrected chi connectivity index (χ0v) is 16.5. The van der Waals surface area contributed by atoms with E-state index in [1.54, 1.807) is 11.1 Å². The molecule has 0 radical (unpaired) electrons. The van der Waals surface area contributed by atoms with Crippen LogP contribution in [-0.2, 0) is 15.9 Å². The van der Waals surface area contributed by atoms with E-state index in [9.17, 15) is 4.79 Å². The molecule has 27 heavy (non-hydrogen) atoms. The van der Waals surface area contributed by atoms with Crippen molar-refractivity contribution in [3.63, 3.8) is 0 Å². The second-order valence-electron chi connectivity index (χ2n) is 8.01. The fourth-order valence-electron chi connectivity index (χ4n) is 3.15. The van der Waals surface area contributed by atoms with Gasteiger partial charge < -0.3 is 14.4 Å². The highest BCUT2D eigenvalue weighted by atomic mass is 16.6.